The highest BCUT2D eigenvalue weighted by Gasteiger charge is 2.39. The molecular weight excluding hydrogens is 284 g/mol. The Hall–Kier alpha value is -1.06. The van der Waals surface area contributed by atoms with E-state index in [4.69, 9.17) is 11.6 Å². The first kappa shape index (κ1) is 14.9. The molecule has 1 aromatic rings. The Kier molecular flexibility index (Phi) is 4.51. The van der Waals surface area contributed by atoms with Crippen molar-refractivity contribution in [3.8, 4) is 0 Å². The summed E-state index contributed by atoms with van der Waals surface area (Å²) in [6, 6.07) is 8.01. The molecule has 0 radical (unpaired) electrons. The molecule has 2 saturated heterocycles. The highest BCUT2D eigenvalue weighted by atomic mass is 35.5. The lowest BCUT2D eigenvalue weighted by Crippen LogP contribution is -2.36. The largest absolute Gasteiger partial charge is 0.338 e. The predicted octanol–water partition coefficient (Wildman–Crippen LogP) is 3.35. The van der Waals surface area contributed by atoms with Crippen molar-refractivity contribution >= 4 is 17.5 Å². The number of hydrogen-bond donors (Lipinski definition) is 0. The van der Waals surface area contributed by atoms with Crippen molar-refractivity contribution in [1.29, 1.82) is 0 Å². The zero-order valence-corrected chi connectivity index (χ0v) is 13.4. The van der Waals surface area contributed by atoms with Crippen LogP contribution in [0.25, 0.3) is 0 Å². The second kappa shape index (κ2) is 6.37. The molecule has 2 fully saturated rings. The first-order valence-electron chi connectivity index (χ1n) is 7.90. The molecule has 2 unspecified atom stereocenters. The molecule has 2 heterocycles. The van der Waals surface area contributed by atoms with Crippen LogP contribution in [0.3, 0.4) is 0 Å². The standard InChI is InChI=1S/C17H23ClN2O/c1-19-16(14-7-3-4-8-15(14)18)11-13(17(19)21)12-20-9-5-2-6-10-20/h3-4,7-8,13,16H,2,5-6,9-12H2,1H3. The van der Waals surface area contributed by atoms with Crippen LogP contribution in [0.15, 0.2) is 24.3 Å². The van der Waals surface area contributed by atoms with Gasteiger partial charge in [-0.15, -0.1) is 0 Å². The Labute approximate surface area is 131 Å². The van der Waals surface area contributed by atoms with Gasteiger partial charge < -0.3 is 9.80 Å². The van der Waals surface area contributed by atoms with Crippen LogP contribution in [0.4, 0.5) is 0 Å². The SMILES string of the molecule is CN1C(=O)C(CN2CCCCC2)CC1c1ccccc1Cl. The number of amides is 1. The van der Waals surface area contributed by atoms with Gasteiger partial charge in [0.15, 0.2) is 0 Å². The zero-order valence-electron chi connectivity index (χ0n) is 12.6. The molecule has 4 heteroatoms. The predicted molar refractivity (Wildman–Crippen MR) is 85.4 cm³/mol. The van der Waals surface area contributed by atoms with Gasteiger partial charge in [0.2, 0.25) is 5.91 Å². The van der Waals surface area contributed by atoms with Crippen LogP contribution in [0, 0.1) is 5.92 Å². The number of benzene rings is 1. The van der Waals surface area contributed by atoms with Crippen molar-refractivity contribution in [2.45, 2.75) is 31.7 Å². The Morgan fingerprint density at radius 2 is 1.90 bits per heavy atom. The lowest BCUT2D eigenvalue weighted by Gasteiger charge is -2.28. The molecule has 0 N–H and O–H groups in total. The van der Waals surface area contributed by atoms with Crippen LogP contribution in [-0.2, 0) is 4.79 Å². The summed E-state index contributed by atoms with van der Waals surface area (Å²) in [5.74, 6) is 0.389. The van der Waals surface area contributed by atoms with Gasteiger partial charge in [0, 0.05) is 18.6 Å². The van der Waals surface area contributed by atoms with E-state index in [-0.39, 0.29) is 17.9 Å². The van der Waals surface area contributed by atoms with E-state index in [2.05, 4.69) is 4.90 Å². The Morgan fingerprint density at radius 1 is 1.19 bits per heavy atom. The molecule has 114 valence electrons. The summed E-state index contributed by atoms with van der Waals surface area (Å²) in [5, 5.41) is 0.765. The summed E-state index contributed by atoms with van der Waals surface area (Å²) in [6.07, 6.45) is 4.75. The number of hydrogen-bond acceptors (Lipinski definition) is 2. The first-order valence-corrected chi connectivity index (χ1v) is 8.28. The van der Waals surface area contributed by atoms with Crippen molar-refractivity contribution in [2.24, 2.45) is 5.92 Å². The van der Waals surface area contributed by atoms with E-state index in [0.717, 1.165) is 36.6 Å². The fourth-order valence-corrected chi connectivity index (χ4v) is 3.92. The van der Waals surface area contributed by atoms with Gasteiger partial charge in [-0.1, -0.05) is 36.2 Å². The second-order valence-electron chi connectivity index (χ2n) is 6.28. The molecule has 1 aromatic carbocycles. The molecule has 2 atom stereocenters. The number of carbonyl (C=O) groups excluding carboxylic acids is 1. The molecule has 0 aliphatic carbocycles. The maximum absolute atomic E-state index is 12.5. The van der Waals surface area contributed by atoms with Gasteiger partial charge in [0.1, 0.15) is 0 Å². The highest BCUT2D eigenvalue weighted by Crippen LogP contribution is 2.38. The number of rotatable bonds is 3. The molecule has 1 amide bonds. The third kappa shape index (κ3) is 3.09. The van der Waals surface area contributed by atoms with Crippen LogP contribution in [0.1, 0.15) is 37.3 Å². The highest BCUT2D eigenvalue weighted by molar-refractivity contribution is 6.31. The quantitative estimate of drug-likeness (QED) is 0.855. The third-order valence-corrected chi connectivity index (χ3v) is 5.21. The average Bonchev–Trinajstić information content (AvgIpc) is 2.77. The Balaban J connectivity index is 1.71. The number of nitrogens with zero attached hydrogens (tertiary/aromatic N) is 2. The minimum atomic E-state index is 0.120. The minimum absolute atomic E-state index is 0.120. The maximum Gasteiger partial charge on any atom is 0.227 e. The summed E-state index contributed by atoms with van der Waals surface area (Å²) in [6.45, 7) is 3.19. The average molecular weight is 307 g/mol. The number of piperidine rings is 1. The van der Waals surface area contributed by atoms with Crippen LogP contribution >= 0.6 is 11.6 Å². The Morgan fingerprint density at radius 3 is 2.62 bits per heavy atom. The van der Waals surface area contributed by atoms with Gasteiger partial charge in [-0.05, 0) is 44.0 Å². The van der Waals surface area contributed by atoms with Crippen LogP contribution in [-0.4, -0.2) is 42.4 Å². The molecule has 3 rings (SSSR count). The molecule has 2 aliphatic heterocycles. The van der Waals surface area contributed by atoms with Crippen LogP contribution < -0.4 is 0 Å². The monoisotopic (exact) mass is 306 g/mol. The fraction of sp³-hybridized carbons (Fsp3) is 0.588. The summed E-state index contributed by atoms with van der Waals surface area (Å²) in [7, 11) is 1.91. The summed E-state index contributed by atoms with van der Waals surface area (Å²) < 4.78 is 0. The van der Waals surface area contributed by atoms with Crippen molar-refractivity contribution in [1.82, 2.24) is 9.80 Å². The summed E-state index contributed by atoms with van der Waals surface area (Å²) in [4.78, 5) is 16.9. The number of likely N-dealkylation sites (tertiary alicyclic amines) is 2. The van der Waals surface area contributed by atoms with Gasteiger partial charge in [0.25, 0.3) is 0 Å². The molecule has 0 saturated carbocycles. The first-order chi connectivity index (χ1) is 10.2. The van der Waals surface area contributed by atoms with Gasteiger partial charge in [-0.2, -0.15) is 0 Å². The lowest BCUT2D eigenvalue weighted by atomic mass is 9.98. The molecule has 0 aromatic heterocycles. The third-order valence-electron chi connectivity index (χ3n) is 4.86. The van der Waals surface area contributed by atoms with Crippen molar-refractivity contribution in [3.63, 3.8) is 0 Å². The smallest absolute Gasteiger partial charge is 0.227 e. The van der Waals surface area contributed by atoms with Gasteiger partial charge in [-0.3, -0.25) is 4.79 Å². The molecule has 21 heavy (non-hydrogen) atoms. The van der Waals surface area contributed by atoms with Crippen molar-refractivity contribution in [2.75, 3.05) is 26.7 Å². The van der Waals surface area contributed by atoms with Crippen molar-refractivity contribution < 1.29 is 4.79 Å². The van der Waals surface area contributed by atoms with Gasteiger partial charge in [0.05, 0.1) is 12.0 Å². The van der Waals surface area contributed by atoms with Gasteiger partial charge >= 0.3 is 0 Å². The Bertz CT molecular complexity index is 513. The fourth-order valence-electron chi connectivity index (χ4n) is 3.66. The van der Waals surface area contributed by atoms with Crippen LogP contribution in [0.2, 0.25) is 5.02 Å². The van der Waals surface area contributed by atoms with Crippen LogP contribution in [0.5, 0.6) is 0 Å². The van der Waals surface area contributed by atoms with E-state index >= 15 is 0 Å². The normalized spacial score (nSPS) is 27.3. The van der Waals surface area contributed by atoms with E-state index in [1.54, 1.807) is 0 Å². The van der Waals surface area contributed by atoms with E-state index in [9.17, 15) is 4.79 Å². The van der Waals surface area contributed by atoms with E-state index in [0.29, 0.717) is 0 Å². The summed E-state index contributed by atoms with van der Waals surface area (Å²) >= 11 is 6.31. The van der Waals surface area contributed by atoms with Crippen molar-refractivity contribution in [3.05, 3.63) is 34.9 Å². The topological polar surface area (TPSA) is 23.6 Å². The summed E-state index contributed by atoms with van der Waals surface area (Å²) in [5.41, 5.74) is 1.08. The molecule has 2 aliphatic rings. The molecule has 0 bridgehead atoms. The van der Waals surface area contributed by atoms with E-state index in [1.807, 2.05) is 36.2 Å². The van der Waals surface area contributed by atoms with E-state index in [1.165, 1.54) is 19.3 Å². The minimum Gasteiger partial charge on any atom is -0.338 e. The molecule has 0 spiro atoms. The number of carbonyl (C=O) groups is 1. The second-order valence-corrected chi connectivity index (χ2v) is 6.69. The molecular formula is C17H23ClN2O. The van der Waals surface area contributed by atoms with E-state index < -0.39 is 0 Å². The van der Waals surface area contributed by atoms with Gasteiger partial charge in [-0.25, -0.2) is 0 Å². The maximum atomic E-state index is 12.5. The lowest BCUT2D eigenvalue weighted by molar-refractivity contribution is -0.131. The molecule has 3 nitrogen and oxygen atoms in total. The number of halogens is 1. The zero-order chi connectivity index (χ0) is 14.8.